The predicted octanol–water partition coefficient (Wildman–Crippen LogP) is 2.81. The van der Waals surface area contributed by atoms with Crippen LogP contribution in [0.2, 0.25) is 0 Å². The van der Waals surface area contributed by atoms with Gasteiger partial charge in [0.1, 0.15) is 0 Å². The maximum absolute atomic E-state index is 12.4. The van der Waals surface area contributed by atoms with Crippen LogP contribution in [0.4, 0.5) is 0 Å². The fourth-order valence-electron chi connectivity index (χ4n) is 7.99. The Morgan fingerprint density at radius 3 is 2.83 bits per heavy atom. The molecule has 2 aliphatic heterocycles. The number of aliphatic carboxylic acids is 1. The number of ether oxygens (including phenoxy) is 1. The van der Waals surface area contributed by atoms with Gasteiger partial charge in [0.2, 0.25) is 0 Å². The molecule has 9 atom stereocenters. The van der Waals surface area contributed by atoms with E-state index in [0.717, 1.165) is 38.5 Å². The van der Waals surface area contributed by atoms with Crippen LogP contribution in [0, 0.1) is 40.4 Å². The molecule has 2 saturated heterocycles. The van der Waals surface area contributed by atoms with Crippen LogP contribution in [0.1, 0.15) is 45.4 Å². The van der Waals surface area contributed by atoms with Crippen molar-refractivity contribution in [3.8, 4) is 0 Å². The molecule has 0 aromatic heterocycles. The first-order chi connectivity index (χ1) is 10.9. The van der Waals surface area contributed by atoms with Crippen molar-refractivity contribution in [1.82, 2.24) is 0 Å². The van der Waals surface area contributed by atoms with Crippen molar-refractivity contribution < 1.29 is 19.7 Å². The smallest absolute Gasteiger partial charge is 0.307 e. The first-order valence-electron chi connectivity index (χ1n) is 9.16. The third-order valence-corrected chi connectivity index (χ3v) is 8.55. The minimum Gasteiger partial charge on any atom is -0.481 e. The maximum Gasteiger partial charge on any atom is 0.307 e. The van der Waals surface area contributed by atoms with Crippen LogP contribution in [0.5, 0.6) is 0 Å². The van der Waals surface area contributed by atoms with E-state index in [4.69, 9.17) is 4.74 Å². The highest BCUT2D eigenvalue weighted by molar-refractivity contribution is 5.73. The summed E-state index contributed by atoms with van der Waals surface area (Å²) >= 11 is 0. The first-order valence-corrected chi connectivity index (χ1v) is 9.16. The number of rotatable bonds is 1. The van der Waals surface area contributed by atoms with Crippen molar-refractivity contribution in [3.63, 3.8) is 0 Å². The van der Waals surface area contributed by atoms with Crippen LogP contribution >= 0.6 is 0 Å². The molecule has 2 spiro atoms. The van der Waals surface area contributed by atoms with Crippen molar-refractivity contribution >= 4 is 5.97 Å². The Hall–Kier alpha value is -0.870. The fourth-order valence-corrected chi connectivity index (χ4v) is 7.99. The quantitative estimate of drug-likeness (QED) is 0.730. The Morgan fingerprint density at radius 1 is 1.35 bits per heavy atom. The molecule has 4 bridgehead atoms. The van der Waals surface area contributed by atoms with E-state index in [2.05, 4.69) is 13.5 Å². The van der Waals surface area contributed by atoms with Gasteiger partial charge in [-0.25, -0.2) is 0 Å². The molecule has 6 aliphatic rings. The van der Waals surface area contributed by atoms with E-state index in [1.54, 1.807) is 0 Å². The van der Waals surface area contributed by atoms with Gasteiger partial charge in [0.15, 0.2) is 6.29 Å². The largest absolute Gasteiger partial charge is 0.481 e. The number of allylic oxidation sites excluding steroid dienone is 1. The molecule has 0 amide bonds. The molecule has 2 heterocycles. The number of aliphatic hydroxyl groups is 1. The van der Waals surface area contributed by atoms with Gasteiger partial charge in [-0.1, -0.05) is 19.1 Å². The van der Waals surface area contributed by atoms with Crippen LogP contribution in [0.15, 0.2) is 12.2 Å². The number of carbonyl (C=O) groups is 1. The molecule has 0 radical (unpaired) electrons. The summed E-state index contributed by atoms with van der Waals surface area (Å²) in [5.74, 6) is 0.0490. The molecule has 0 aromatic carbocycles. The van der Waals surface area contributed by atoms with Crippen LogP contribution < -0.4 is 0 Å². The summed E-state index contributed by atoms with van der Waals surface area (Å²) in [6, 6.07) is 0. The van der Waals surface area contributed by atoms with Gasteiger partial charge >= 0.3 is 5.97 Å². The fraction of sp³-hybridized carbons (Fsp3) is 0.842. The van der Waals surface area contributed by atoms with Gasteiger partial charge in [-0.2, -0.15) is 0 Å². The van der Waals surface area contributed by atoms with E-state index in [0.29, 0.717) is 5.92 Å². The zero-order chi connectivity index (χ0) is 16.1. The van der Waals surface area contributed by atoms with Gasteiger partial charge in [0, 0.05) is 5.41 Å². The number of carboxylic acids is 1. The third kappa shape index (κ3) is 1.41. The highest BCUT2D eigenvalue weighted by Crippen LogP contribution is 2.78. The predicted molar refractivity (Wildman–Crippen MR) is 83.3 cm³/mol. The monoisotopic (exact) mass is 318 g/mol. The second-order valence-electron chi connectivity index (χ2n) is 8.98. The van der Waals surface area contributed by atoms with E-state index in [1.165, 1.54) is 5.57 Å². The lowest BCUT2D eigenvalue weighted by Crippen LogP contribution is -2.61. The van der Waals surface area contributed by atoms with Crippen molar-refractivity contribution in [2.24, 2.45) is 40.4 Å². The molecule has 4 saturated carbocycles. The summed E-state index contributed by atoms with van der Waals surface area (Å²) in [6.07, 6.45) is 5.10. The zero-order valence-corrected chi connectivity index (χ0v) is 13.7. The normalized spacial score (nSPS) is 59.7. The maximum atomic E-state index is 12.4. The van der Waals surface area contributed by atoms with E-state index < -0.39 is 12.3 Å². The standard InChI is InChI=1S/C19H26O4/c1-9-7-18-8-11(9)3-4-13(18)19-6-5-12(23-17(19)22)10(2)14(19)15(18)16(20)21/h10-15,17,22H,1,3-8H2,2H3,(H,20,21)/t10?,11-,12+,13?,14?,15-,17?,18+,19-/m1/s1. The number of carboxylic acid groups (broad SMARTS) is 1. The van der Waals surface area contributed by atoms with Gasteiger partial charge in [-0.3, -0.25) is 4.79 Å². The lowest BCUT2D eigenvalue weighted by Gasteiger charge is -2.58. The molecule has 4 unspecified atom stereocenters. The molecule has 6 fully saturated rings. The Balaban J connectivity index is 1.73. The minimum absolute atomic E-state index is 0.0238. The van der Waals surface area contributed by atoms with E-state index in [-0.39, 0.29) is 40.6 Å². The van der Waals surface area contributed by atoms with Gasteiger partial charge < -0.3 is 14.9 Å². The highest BCUT2D eigenvalue weighted by atomic mass is 16.6. The van der Waals surface area contributed by atoms with Crippen molar-refractivity contribution in [3.05, 3.63) is 12.2 Å². The Labute approximate surface area is 136 Å². The van der Waals surface area contributed by atoms with Gasteiger partial charge in [-0.15, -0.1) is 0 Å². The molecule has 2 N–H and O–H groups in total. The summed E-state index contributed by atoms with van der Waals surface area (Å²) in [6.45, 7) is 6.43. The summed E-state index contributed by atoms with van der Waals surface area (Å²) < 4.78 is 5.95. The molecule has 23 heavy (non-hydrogen) atoms. The molecule has 4 heteroatoms. The molecule has 4 nitrogen and oxygen atoms in total. The number of fused-ring (bicyclic) bond motifs is 3. The summed E-state index contributed by atoms with van der Waals surface area (Å²) in [7, 11) is 0. The molecular formula is C19H26O4. The Morgan fingerprint density at radius 2 is 2.13 bits per heavy atom. The van der Waals surface area contributed by atoms with Crippen LogP contribution in [0.3, 0.4) is 0 Å². The van der Waals surface area contributed by atoms with Crippen LogP contribution in [-0.2, 0) is 9.53 Å². The number of aliphatic hydroxyl groups excluding tert-OH is 1. The highest BCUT2D eigenvalue weighted by Gasteiger charge is 2.77. The zero-order valence-electron chi connectivity index (χ0n) is 13.7. The average molecular weight is 318 g/mol. The van der Waals surface area contributed by atoms with Gasteiger partial charge in [0.05, 0.1) is 12.0 Å². The Bertz CT molecular complexity index is 600. The summed E-state index contributed by atoms with van der Waals surface area (Å²) in [5.41, 5.74) is 0.729. The molecular weight excluding hydrogens is 292 g/mol. The molecule has 6 rings (SSSR count). The van der Waals surface area contributed by atoms with Crippen LogP contribution in [0.25, 0.3) is 0 Å². The van der Waals surface area contributed by atoms with Crippen molar-refractivity contribution in [2.75, 3.05) is 0 Å². The topological polar surface area (TPSA) is 66.8 Å². The second-order valence-corrected chi connectivity index (χ2v) is 8.98. The SMILES string of the molecule is C=C1C[C@]23C[C@H]1CCC2[C@@]12CC[C@H](OC1O)C(C)C2[C@@H]3C(=O)O. The lowest BCUT2D eigenvalue weighted by molar-refractivity contribution is -0.314. The summed E-state index contributed by atoms with van der Waals surface area (Å²) in [5, 5.41) is 21.0. The summed E-state index contributed by atoms with van der Waals surface area (Å²) in [4.78, 5) is 12.4. The lowest BCUT2D eigenvalue weighted by atomic mass is 9.54. The number of hydrogen-bond acceptors (Lipinski definition) is 3. The van der Waals surface area contributed by atoms with E-state index in [1.807, 2.05) is 0 Å². The molecule has 126 valence electrons. The third-order valence-electron chi connectivity index (χ3n) is 8.55. The number of hydrogen-bond donors (Lipinski definition) is 2. The Kier molecular flexibility index (Phi) is 2.65. The van der Waals surface area contributed by atoms with Gasteiger partial charge in [-0.05, 0) is 67.6 Å². The first kappa shape index (κ1) is 14.5. The average Bonchev–Trinajstić information content (AvgIpc) is 2.91. The molecule has 0 aromatic rings. The van der Waals surface area contributed by atoms with E-state index >= 15 is 0 Å². The van der Waals surface area contributed by atoms with Crippen molar-refractivity contribution in [1.29, 1.82) is 0 Å². The minimum atomic E-state index is -0.779. The van der Waals surface area contributed by atoms with Crippen LogP contribution in [-0.4, -0.2) is 28.6 Å². The van der Waals surface area contributed by atoms with E-state index in [9.17, 15) is 15.0 Å². The second kappa shape index (κ2) is 4.20. The van der Waals surface area contributed by atoms with Gasteiger partial charge in [0.25, 0.3) is 0 Å². The van der Waals surface area contributed by atoms with Crippen molar-refractivity contribution in [2.45, 2.75) is 57.8 Å². The molecule has 4 aliphatic carbocycles.